The van der Waals surface area contributed by atoms with Gasteiger partial charge in [0.25, 0.3) is 5.91 Å². The first-order valence-corrected chi connectivity index (χ1v) is 9.02. The van der Waals surface area contributed by atoms with Crippen molar-refractivity contribution in [2.24, 2.45) is 5.92 Å². The summed E-state index contributed by atoms with van der Waals surface area (Å²) in [6.07, 6.45) is 1.81. The molecule has 1 fully saturated rings. The Labute approximate surface area is 158 Å². The van der Waals surface area contributed by atoms with Crippen molar-refractivity contribution in [2.75, 3.05) is 26.7 Å². The van der Waals surface area contributed by atoms with Gasteiger partial charge in [-0.25, -0.2) is 0 Å². The van der Waals surface area contributed by atoms with Crippen LogP contribution in [0.4, 0.5) is 0 Å². The van der Waals surface area contributed by atoms with Crippen LogP contribution >= 0.6 is 12.4 Å². The average Bonchev–Trinajstić information content (AvgIpc) is 2.54. The number of nitrogens with one attached hydrogen (secondary N) is 1. The number of rotatable bonds is 5. The molecule has 0 spiro atoms. The van der Waals surface area contributed by atoms with Crippen molar-refractivity contribution in [2.45, 2.75) is 52.1 Å². The molecule has 4 nitrogen and oxygen atoms in total. The minimum Gasteiger partial charge on any atom is -0.481 e. The Morgan fingerprint density at radius 2 is 2.12 bits per heavy atom. The first kappa shape index (κ1) is 21.8. The predicted octanol–water partition coefficient (Wildman–Crippen LogP) is 3.63. The van der Waals surface area contributed by atoms with Crippen LogP contribution in [0, 0.1) is 5.92 Å². The molecule has 1 amide bonds. The Hall–Kier alpha value is -1.26. The highest BCUT2D eigenvalue weighted by molar-refractivity contribution is 5.85. The van der Waals surface area contributed by atoms with E-state index in [0.717, 1.165) is 31.8 Å². The normalized spacial score (nSPS) is 19.1. The summed E-state index contributed by atoms with van der Waals surface area (Å²) in [5, 5.41) is 3.22. The Morgan fingerprint density at radius 1 is 1.40 bits per heavy atom. The second-order valence-electron chi connectivity index (χ2n) is 7.89. The number of carbonyl (C=O) groups excluding carboxylic acids is 1. The number of hydrogen-bond donors (Lipinski definition) is 1. The number of ether oxygens (including phenoxy) is 1. The van der Waals surface area contributed by atoms with E-state index in [1.54, 1.807) is 0 Å². The van der Waals surface area contributed by atoms with E-state index >= 15 is 0 Å². The summed E-state index contributed by atoms with van der Waals surface area (Å²) in [6.45, 7) is 11.0. The van der Waals surface area contributed by atoms with Gasteiger partial charge in [0, 0.05) is 13.1 Å². The summed E-state index contributed by atoms with van der Waals surface area (Å²) in [6, 6.07) is 8.08. The van der Waals surface area contributed by atoms with Crippen LogP contribution in [0.3, 0.4) is 0 Å². The molecule has 2 rings (SSSR count). The first-order chi connectivity index (χ1) is 11.3. The summed E-state index contributed by atoms with van der Waals surface area (Å²) in [7, 11) is 1.97. The van der Waals surface area contributed by atoms with Gasteiger partial charge in [0.1, 0.15) is 5.75 Å². The number of benzene rings is 1. The van der Waals surface area contributed by atoms with E-state index < -0.39 is 6.10 Å². The van der Waals surface area contributed by atoms with Gasteiger partial charge in [0.05, 0.1) is 0 Å². The largest absolute Gasteiger partial charge is 0.481 e. The summed E-state index contributed by atoms with van der Waals surface area (Å²) >= 11 is 0. The number of halogens is 1. The zero-order chi connectivity index (χ0) is 17.7. The molecule has 5 heteroatoms. The molecule has 0 radical (unpaired) electrons. The van der Waals surface area contributed by atoms with Crippen LogP contribution in [0.25, 0.3) is 0 Å². The number of hydrogen-bond acceptors (Lipinski definition) is 3. The Balaban J connectivity index is 0.00000312. The molecule has 1 saturated heterocycles. The van der Waals surface area contributed by atoms with Crippen LogP contribution in [0.15, 0.2) is 24.3 Å². The zero-order valence-corrected chi connectivity index (χ0v) is 17.0. The number of likely N-dealkylation sites (tertiary alicyclic amines) is 1. The molecule has 2 atom stereocenters. The van der Waals surface area contributed by atoms with E-state index in [1.807, 2.05) is 37.1 Å². The molecular formula is C20H33ClN2O2. The van der Waals surface area contributed by atoms with Crippen molar-refractivity contribution < 1.29 is 9.53 Å². The third kappa shape index (κ3) is 6.19. The van der Waals surface area contributed by atoms with Crippen LogP contribution in [0.2, 0.25) is 0 Å². The molecule has 1 aromatic rings. The lowest BCUT2D eigenvalue weighted by Gasteiger charge is -2.34. The van der Waals surface area contributed by atoms with Crippen LogP contribution in [0.5, 0.6) is 5.75 Å². The molecular weight excluding hydrogens is 336 g/mol. The second kappa shape index (κ2) is 9.44. The maximum Gasteiger partial charge on any atom is 0.263 e. The summed E-state index contributed by atoms with van der Waals surface area (Å²) in [5.41, 5.74) is 1.28. The Bertz CT molecular complexity index is 555. The van der Waals surface area contributed by atoms with Gasteiger partial charge >= 0.3 is 0 Å². The highest BCUT2D eigenvalue weighted by Gasteiger charge is 2.27. The van der Waals surface area contributed by atoms with Gasteiger partial charge in [-0.1, -0.05) is 32.9 Å². The maximum absolute atomic E-state index is 12.7. The highest BCUT2D eigenvalue weighted by atomic mass is 35.5. The van der Waals surface area contributed by atoms with Gasteiger partial charge in [-0.05, 0) is 62.4 Å². The lowest BCUT2D eigenvalue weighted by Crippen LogP contribution is -2.47. The second-order valence-corrected chi connectivity index (χ2v) is 7.89. The van der Waals surface area contributed by atoms with Gasteiger partial charge in [0.2, 0.25) is 0 Å². The van der Waals surface area contributed by atoms with Gasteiger partial charge in [-0.2, -0.15) is 0 Å². The van der Waals surface area contributed by atoms with Gasteiger partial charge < -0.3 is 15.0 Å². The summed E-state index contributed by atoms with van der Waals surface area (Å²) < 4.78 is 5.95. The minimum atomic E-state index is -0.450. The van der Waals surface area contributed by atoms with E-state index in [4.69, 9.17) is 4.74 Å². The fraction of sp³-hybridized carbons (Fsp3) is 0.650. The monoisotopic (exact) mass is 368 g/mol. The molecule has 1 aliphatic heterocycles. The van der Waals surface area contributed by atoms with Gasteiger partial charge in [0.15, 0.2) is 6.10 Å². The first-order valence-electron chi connectivity index (χ1n) is 9.02. The smallest absolute Gasteiger partial charge is 0.263 e. The fourth-order valence-corrected chi connectivity index (χ4v) is 3.27. The highest BCUT2D eigenvalue weighted by Crippen LogP contribution is 2.26. The van der Waals surface area contributed by atoms with Crippen molar-refractivity contribution in [3.05, 3.63) is 29.8 Å². The minimum absolute atomic E-state index is 0. The third-order valence-electron chi connectivity index (χ3n) is 4.68. The standard InChI is InChI=1S/C20H32N2O2.ClH/c1-15(19(23)22-11-7-8-16(14-22)13-21-5)24-18-10-6-9-17(12-18)20(2,3)4;/h6,9-10,12,15-16,21H,7-8,11,13-14H2,1-5H3;1H. The van der Waals surface area contributed by atoms with Crippen molar-refractivity contribution in [3.63, 3.8) is 0 Å². The van der Waals surface area contributed by atoms with E-state index in [0.29, 0.717) is 5.92 Å². The number of carbonyl (C=O) groups is 1. The van der Waals surface area contributed by atoms with Crippen molar-refractivity contribution in [3.8, 4) is 5.75 Å². The van der Waals surface area contributed by atoms with E-state index in [2.05, 4.69) is 32.2 Å². The van der Waals surface area contributed by atoms with Crippen LogP contribution in [0.1, 0.15) is 46.1 Å². The average molecular weight is 369 g/mol. The van der Waals surface area contributed by atoms with Crippen molar-refractivity contribution in [1.82, 2.24) is 10.2 Å². The van der Waals surface area contributed by atoms with Crippen LogP contribution < -0.4 is 10.1 Å². The van der Waals surface area contributed by atoms with E-state index in [1.165, 1.54) is 12.0 Å². The topological polar surface area (TPSA) is 41.6 Å². The molecule has 1 aliphatic rings. The predicted molar refractivity (Wildman–Crippen MR) is 106 cm³/mol. The third-order valence-corrected chi connectivity index (χ3v) is 4.68. The van der Waals surface area contributed by atoms with E-state index in [9.17, 15) is 4.79 Å². The van der Waals surface area contributed by atoms with Crippen LogP contribution in [-0.4, -0.2) is 43.6 Å². The summed E-state index contributed by atoms with van der Waals surface area (Å²) in [5.74, 6) is 1.41. The van der Waals surface area contributed by atoms with Gasteiger partial charge in [-0.15, -0.1) is 12.4 Å². The molecule has 142 valence electrons. The summed E-state index contributed by atoms with van der Waals surface area (Å²) in [4.78, 5) is 14.7. The molecule has 0 saturated carbocycles. The fourth-order valence-electron chi connectivity index (χ4n) is 3.27. The molecule has 1 heterocycles. The molecule has 2 unspecified atom stereocenters. The number of piperidine rings is 1. The molecule has 0 aliphatic carbocycles. The lowest BCUT2D eigenvalue weighted by atomic mass is 9.87. The lowest BCUT2D eigenvalue weighted by molar-refractivity contribution is -0.139. The number of nitrogens with zero attached hydrogens (tertiary/aromatic N) is 1. The molecule has 1 aromatic carbocycles. The van der Waals surface area contributed by atoms with Gasteiger partial charge in [-0.3, -0.25) is 4.79 Å². The molecule has 0 bridgehead atoms. The van der Waals surface area contributed by atoms with E-state index in [-0.39, 0.29) is 23.7 Å². The number of amides is 1. The van der Waals surface area contributed by atoms with Crippen molar-refractivity contribution in [1.29, 1.82) is 0 Å². The SMILES string of the molecule is CNCC1CCCN(C(=O)C(C)Oc2cccc(C(C)(C)C)c2)C1.Cl. The molecule has 1 N–H and O–H groups in total. The molecule has 0 aromatic heterocycles. The quantitative estimate of drug-likeness (QED) is 0.862. The zero-order valence-electron chi connectivity index (χ0n) is 16.2. The Morgan fingerprint density at radius 3 is 2.76 bits per heavy atom. The van der Waals surface area contributed by atoms with Crippen LogP contribution in [-0.2, 0) is 10.2 Å². The Kier molecular flexibility index (Phi) is 8.23. The van der Waals surface area contributed by atoms with Crippen molar-refractivity contribution >= 4 is 18.3 Å². The molecule has 25 heavy (non-hydrogen) atoms. The maximum atomic E-state index is 12.7.